The average Bonchev–Trinajstić information content (AvgIpc) is 2.69. The molecule has 0 heterocycles. The molecule has 0 unspecified atom stereocenters. The fourth-order valence-electron chi connectivity index (χ4n) is 2.58. The zero-order valence-corrected chi connectivity index (χ0v) is 15.7. The van der Waals surface area contributed by atoms with Gasteiger partial charge in [0.1, 0.15) is 0 Å². The maximum absolute atomic E-state index is 12.6. The minimum atomic E-state index is -0.743. The molecule has 0 atom stereocenters. The molecule has 2 rings (SSSR count). The van der Waals surface area contributed by atoms with Gasteiger partial charge in [-0.25, -0.2) is 9.59 Å². The summed E-state index contributed by atoms with van der Waals surface area (Å²) in [7, 11) is 1.23. The van der Waals surface area contributed by atoms with Crippen molar-refractivity contribution in [3.63, 3.8) is 0 Å². The fraction of sp³-hybridized carbons (Fsp3) is 0.286. The molecule has 2 aromatic carbocycles. The topological polar surface area (TPSA) is 72.9 Å². The summed E-state index contributed by atoms with van der Waals surface area (Å²) in [5.41, 5.74) is 1.15. The molecular formula is C21H23NO5. The molecule has 0 bridgehead atoms. The van der Waals surface area contributed by atoms with Gasteiger partial charge in [0.05, 0.1) is 18.2 Å². The number of amides is 1. The number of hydrogen-bond donors (Lipinski definition) is 0. The van der Waals surface area contributed by atoms with E-state index in [2.05, 4.69) is 4.74 Å². The maximum Gasteiger partial charge on any atom is 0.339 e. The lowest BCUT2D eigenvalue weighted by atomic mass is 10.1. The van der Waals surface area contributed by atoms with Gasteiger partial charge >= 0.3 is 11.9 Å². The van der Waals surface area contributed by atoms with E-state index in [9.17, 15) is 14.4 Å². The van der Waals surface area contributed by atoms with Crippen molar-refractivity contribution >= 4 is 17.8 Å². The number of ether oxygens (including phenoxy) is 2. The van der Waals surface area contributed by atoms with Crippen LogP contribution < -0.4 is 0 Å². The van der Waals surface area contributed by atoms with E-state index < -0.39 is 18.5 Å². The highest BCUT2D eigenvalue weighted by Crippen LogP contribution is 2.13. The summed E-state index contributed by atoms with van der Waals surface area (Å²) in [6, 6.07) is 15.7. The Bertz CT molecular complexity index is 801. The van der Waals surface area contributed by atoms with Gasteiger partial charge in [-0.1, -0.05) is 42.5 Å². The van der Waals surface area contributed by atoms with Gasteiger partial charge in [0.2, 0.25) is 0 Å². The van der Waals surface area contributed by atoms with Crippen molar-refractivity contribution in [2.45, 2.75) is 26.4 Å². The maximum atomic E-state index is 12.6. The van der Waals surface area contributed by atoms with Crippen molar-refractivity contribution in [3.05, 3.63) is 71.3 Å². The van der Waals surface area contributed by atoms with Crippen molar-refractivity contribution in [2.75, 3.05) is 13.7 Å². The number of hydrogen-bond acceptors (Lipinski definition) is 5. The highest BCUT2D eigenvalue weighted by atomic mass is 16.5. The molecule has 0 aliphatic heterocycles. The van der Waals surface area contributed by atoms with Gasteiger partial charge in [-0.05, 0) is 31.5 Å². The van der Waals surface area contributed by atoms with Crippen molar-refractivity contribution in [2.24, 2.45) is 0 Å². The Labute approximate surface area is 158 Å². The molecule has 0 fully saturated rings. The Morgan fingerprint density at radius 2 is 1.44 bits per heavy atom. The zero-order chi connectivity index (χ0) is 19.8. The van der Waals surface area contributed by atoms with Gasteiger partial charge in [-0.3, -0.25) is 4.79 Å². The highest BCUT2D eigenvalue weighted by Gasteiger charge is 2.22. The highest BCUT2D eigenvalue weighted by molar-refractivity contribution is 6.03. The van der Waals surface area contributed by atoms with E-state index in [0.29, 0.717) is 6.54 Å². The standard InChI is InChI=1S/C21H23NO5/c1-15(2)22(13-16-9-5-4-6-10-16)19(23)14-27-21(25)18-12-8-7-11-17(18)20(24)26-3/h4-12,15H,13-14H2,1-3H3. The van der Waals surface area contributed by atoms with Crippen LogP contribution in [0, 0.1) is 0 Å². The first kappa shape index (κ1) is 20.2. The number of rotatable bonds is 7. The first-order valence-electron chi connectivity index (χ1n) is 8.62. The predicted molar refractivity (Wildman–Crippen MR) is 100 cm³/mol. The van der Waals surface area contributed by atoms with Crippen LogP contribution in [-0.4, -0.2) is 42.5 Å². The molecule has 2 aromatic rings. The van der Waals surface area contributed by atoms with Gasteiger partial charge in [0, 0.05) is 12.6 Å². The van der Waals surface area contributed by atoms with Gasteiger partial charge in [-0.15, -0.1) is 0 Å². The molecule has 1 amide bonds. The largest absolute Gasteiger partial charge is 0.465 e. The lowest BCUT2D eigenvalue weighted by Gasteiger charge is -2.26. The Hall–Kier alpha value is -3.15. The lowest BCUT2D eigenvalue weighted by molar-refractivity contribution is -0.136. The average molecular weight is 369 g/mol. The van der Waals surface area contributed by atoms with Crippen LogP contribution in [0.1, 0.15) is 40.1 Å². The number of esters is 2. The van der Waals surface area contributed by atoms with Crippen LogP contribution in [0.4, 0.5) is 0 Å². The van der Waals surface area contributed by atoms with E-state index >= 15 is 0 Å². The minimum Gasteiger partial charge on any atom is -0.465 e. The number of benzene rings is 2. The predicted octanol–water partition coefficient (Wildman–Crippen LogP) is 3.07. The third kappa shape index (κ3) is 5.41. The molecule has 0 radical (unpaired) electrons. The van der Waals surface area contributed by atoms with Crippen LogP contribution in [-0.2, 0) is 20.8 Å². The summed E-state index contributed by atoms with van der Waals surface area (Å²) >= 11 is 0. The second-order valence-electron chi connectivity index (χ2n) is 6.21. The molecule has 0 saturated heterocycles. The molecule has 0 aliphatic carbocycles. The minimum absolute atomic E-state index is 0.0567. The number of nitrogens with zero attached hydrogens (tertiary/aromatic N) is 1. The number of carbonyl (C=O) groups is 3. The molecule has 0 aromatic heterocycles. The van der Waals surface area contributed by atoms with Crippen LogP contribution in [0.5, 0.6) is 0 Å². The van der Waals surface area contributed by atoms with Crippen LogP contribution >= 0.6 is 0 Å². The van der Waals surface area contributed by atoms with E-state index in [0.717, 1.165) is 5.56 Å². The summed E-state index contributed by atoms with van der Waals surface area (Å²) in [5, 5.41) is 0. The van der Waals surface area contributed by atoms with Gasteiger partial charge in [-0.2, -0.15) is 0 Å². The summed E-state index contributed by atoms with van der Waals surface area (Å²) in [6.45, 7) is 3.82. The quantitative estimate of drug-likeness (QED) is 0.702. The van der Waals surface area contributed by atoms with E-state index in [-0.39, 0.29) is 23.1 Å². The van der Waals surface area contributed by atoms with Crippen LogP contribution in [0.3, 0.4) is 0 Å². The lowest BCUT2D eigenvalue weighted by Crippen LogP contribution is -2.39. The van der Waals surface area contributed by atoms with Crippen LogP contribution in [0.25, 0.3) is 0 Å². The number of methoxy groups -OCH3 is 1. The molecule has 142 valence electrons. The summed E-state index contributed by atoms with van der Waals surface area (Å²) < 4.78 is 9.82. The Morgan fingerprint density at radius 1 is 0.889 bits per heavy atom. The van der Waals surface area contributed by atoms with Gasteiger partial charge in [0.15, 0.2) is 6.61 Å². The van der Waals surface area contributed by atoms with E-state index in [1.807, 2.05) is 44.2 Å². The molecule has 0 N–H and O–H groups in total. The molecule has 0 aliphatic rings. The summed E-state index contributed by atoms with van der Waals surface area (Å²) in [4.78, 5) is 38.3. The monoisotopic (exact) mass is 369 g/mol. The molecule has 6 nitrogen and oxygen atoms in total. The first-order valence-corrected chi connectivity index (χ1v) is 8.62. The van der Waals surface area contributed by atoms with Gasteiger partial charge < -0.3 is 14.4 Å². The molecule has 27 heavy (non-hydrogen) atoms. The third-order valence-electron chi connectivity index (χ3n) is 4.02. The molecule has 6 heteroatoms. The van der Waals surface area contributed by atoms with E-state index in [1.165, 1.54) is 19.2 Å². The normalized spacial score (nSPS) is 10.4. The van der Waals surface area contributed by atoms with Crippen molar-refractivity contribution in [3.8, 4) is 0 Å². The Balaban J connectivity index is 2.05. The van der Waals surface area contributed by atoms with Gasteiger partial charge in [0.25, 0.3) is 5.91 Å². The van der Waals surface area contributed by atoms with Crippen molar-refractivity contribution in [1.82, 2.24) is 4.90 Å². The van der Waals surface area contributed by atoms with Crippen LogP contribution in [0.2, 0.25) is 0 Å². The third-order valence-corrected chi connectivity index (χ3v) is 4.02. The smallest absolute Gasteiger partial charge is 0.339 e. The molecular weight excluding hydrogens is 346 g/mol. The summed E-state index contributed by atoms with van der Waals surface area (Å²) in [5.74, 6) is -1.69. The van der Waals surface area contributed by atoms with E-state index in [4.69, 9.17) is 4.74 Å². The molecule has 0 saturated carbocycles. The molecule has 0 spiro atoms. The Kier molecular flexibility index (Phi) is 7.11. The van der Waals surface area contributed by atoms with Crippen LogP contribution in [0.15, 0.2) is 54.6 Å². The van der Waals surface area contributed by atoms with Crippen molar-refractivity contribution < 1.29 is 23.9 Å². The first-order chi connectivity index (χ1) is 12.9. The second kappa shape index (κ2) is 9.52. The number of carbonyl (C=O) groups excluding carboxylic acids is 3. The van der Waals surface area contributed by atoms with Crippen molar-refractivity contribution in [1.29, 1.82) is 0 Å². The zero-order valence-electron chi connectivity index (χ0n) is 15.7. The SMILES string of the molecule is COC(=O)c1ccccc1C(=O)OCC(=O)N(Cc1ccccc1)C(C)C. The fourth-order valence-corrected chi connectivity index (χ4v) is 2.58. The van der Waals surface area contributed by atoms with E-state index in [1.54, 1.807) is 17.0 Å². The second-order valence-corrected chi connectivity index (χ2v) is 6.21. The summed E-state index contributed by atoms with van der Waals surface area (Å²) in [6.07, 6.45) is 0. The Morgan fingerprint density at radius 3 is 2.00 bits per heavy atom.